The number of carbonyl (C=O) groups is 3. The van der Waals surface area contributed by atoms with Crippen LogP contribution in [0.1, 0.15) is 0 Å². The summed E-state index contributed by atoms with van der Waals surface area (Å²) in [4.78, 5) is 29.6. The number of carboxylic acid groups (broad SMARTS) is 3. The maximum absolute atomic E-state index is 9.90. The van der Waals surface area contributed by atoms with Gasteiger partial charge in [-0.15, -0.1) is 0 Å². The van der Waals surface area contributed by atoms with Crippen molar-refractivity contribution >= 4 is 17.9 Å². The Balaban J connectivity index is -0.000000202. The second kappa shape index (κ2) is 13.4. The molecule has 0 saturated carbocycles. The van der Waals surface area contributed by atoms with Gasteiger partial charge in [0.25, 0.3) is 0 Å². The molecular weight excluding hydrogens is 241 g/mol. The molecule has 0 radical (unpaired) electrons. The Labute approximate surface area is 151 Å². The first-order valence-corrected chi connectivity index (χ1v) is 2.70. The quantitative estimate of drug-likeness (QED) is 0.376. The van der Waals surface area contributed by atoms with Crippen LogP contribution in [-0.4, -0.2) is 35.7 Å². The van der Waals surface area contributed by atoms with Crippen LogP contribution in [0, 0.1) is 0 Å². The van der Waals surface area contributed by atoms with Crippen molar-refractivity contribution in [3.05, 3.63) is 0 Å². The molecule has 0 aliphatic heterocycles. The van der Waals surface area contributed by atoms with Crippen LogP contribution in [0.2, 0.25) is 0 Å². The van der Waals surface area contributed by atoms with Crippen LogP contribution in [0.15, 0.2) is 0 Å². The Morgan fingerprint density at radius 1 is 1.07 bits per heavy atom. The first kappa shape index (κ1) is 25.3. The SMILES string of the molecule is O=C(O)COC(C(=O)[O-])C(=O)[O-].[Na+].[Na+].[Na+]. The molecular formula is C5H4Na3O7+. The summed E-state index contributed by atoms with van der Waals surface area (Å²) < 4.78 is 3.90. The van der Waals surface area contributed by atoms with Crippen LogP contribution in [0.25, 0.3) is 0 Å². The van der Waals surface area contributed by atoms with Gasteiger partial charge in [-0.05, 0) is 0 Å². The molecule has 0 bridgehead atoms. The van der Waals surface area contributed by atoms with Gasteiger partial charge in [-0.1, -0.05) is 0 Å². The molecule has 0 rings (SSSR count). The van der Waals surface area contributed by atoms with E-state index in [0.29, 0.717) is 0 Å². The maximum Gasteiger partial charge on any atom is 1.00 e. The molecule has 7 nitrogen and oxygen atoms in total. The Morgan fingerprint density at radius 3 is 1.60 bits per heavy atom. The first-order chi connectivity index (χ1) is 5.45. The Morgan fingerprint density at radius 2 is 1.40 bits per heavy atom. The smallest absolute Gasteiger partial charge is 0.547 e. The molecule has 15 heavy (non-hydrogen) atoms. The van der Waals surface area contributed by atoms with Crippen LogP contribution >= 0.6 is 0 Å². The fourth-order valence-corrected chi connectivity index (χ4v) is 0.387. The van der Waals surface area contributed by atoms with Gasteiger partial charge in [0.15, 0.2) is 0 Å². The van der Waals surface area contributed by atoms with Crippen LogP contribution in [0.3, 0.4) is 0 Å². The third-order valence-corrected chi connectivity index (χ3v) is 0.802. The fourth-order valence-electron chi connectivity index (χ4n) is 0.387. The number of aliphatic carboxylic acids is 3. The van der Waals surface area contributed by atoms with Gasteiger partial charge in [0.05, 0.1) is 11.9 Å². The van der Waals surface area contributed by atoms with Crippen LogP contribution < -0.4 is 98.9 Å². The molecule has 0 aliphatic rings. The minimum Gasteiger partial charge on any atom is -0.547 e. The summed E-state index contributed by atoms with van der Waals surface area (Å²) >= 11 is 0. The summed E-state index contributed by atoms with van der Waals surface area (Å²) in [5.41, 5.74) is 0. The van der Waals surface area contributed by atoms with E-state index in [4.69, 9.17) is 5.11 Å². The van der Waals surface area contributed by atoms with E-state index in [1.54, 1.807) is 0 Å². The standard InChI is InChI=1S/C5H6O7.3Na/c6-2(7)1-12-3(4(8)9)5(10)11;;;/h3H,1H2,(H,6,7)(H,8,9)(H,10,11);;;/q;3*+1/p-2. The molecule has 0 spiro atoms. The molecule has 0 saturated heterocycles. The van der Waals surface area contributed by atoms with Crippen molar-refractivity contribution in [2.45, 2.75) is 6.10 Å². The van der Waals surface area contributed by atoms with Gasteiger partial charge in [-0.3, -0.25) is 0 Å². The molecule has 0 aromatic heterocycles. The normalized spacial score (nSPS) is 7.80. The summed E-state index contributed by atoms with van der Waals surface area (Å²) in [5, 5.41) is 27.8. The number of carboxylic acids is 3. The van der Waals surface area contributed by atoms with Crippen molar-refractivity contribution in [1.29, 1.82) is 0 Å². The topological polar surface area (TPSA) is 127 Å². The zero-order valence-electron chi connectivity index (χ0n) is 8.68. The summed E-state index contributed by atoms with van der Waals surface area (Å²) in [6, 6.07) is 0. The van der Waals surface area contributed by atoms with E-state index in [0.717, 1.165) is 0 Å². The van der Waals surface area contributed by atoms with Crippen LogP contribution in [-0.2, 0) is 19.1 Å². The Bertz CT molecular complexity index is 205. The number of hydrogen-bond donors (Lipinski definition) is 1. The summed E-state index contributed by atoms with van der Waals surface area (Å²) in [6.45, 7) is -1.04. The van der Waals surface area contributed by atoms with E-state index in [2.05, 4.69) is 4.74 Å². The van der Waals surface area contributed by atoms with Crippen LogP contribution in [0.5, 0.6) is 0 Å². The van der Waals surface area contributed by atoms with E-state index >= 15 is 0 Å². The van der Waals surface area contributed by atoms with Crippen molar-refractivity contribution < 1.29 is 123 Å². The number of carbonyl (C=O) groups excluding carboxylic acids is 2. The minimum atomic E-state index is -2.35. The zero-order chi connectivity index (χ0) is 9.72. The average Bonchev–Trinajstić information content (AvgIpc) is 1.84. The number of rotatable bonds is 5. The molecule has 0 heterocycles. The van der Waals surface area contributed by atoms with Gasteiger partial charge in [-0.2, -0.15) is 0 Å². The molecule has 0 unspecified atom stereocenters. The predicted molar refractivity (Wildman–Crippen MR) is 27.4 cm³/mol. The third-order valence-electron chi connectivity index (χ3n) is 0.802. The molecule has 0 atom stereocenters. The van der Waals surface area contributed by atoms with Crippen molar-refractivity contribution in [2.75, 3.05) is 6.61 Å². The van der Waals surface area contributed by atoms with Gasteiger partial charge in [-0.25, -0.2) is 4.79 Å². The van der Waals surface area contributed by atoms with E-state index in [1.807, 2.05) is 0 Å². The second-order valence-corrected chi connectivity index (χ2v) is 1.72. The molecule has 68 valence electrons. The van der Waals surface area contributed by atoms with E-state index < -0.39 is 30.6 Å². The van der Waals surface area contributed by atoms with Crippen LogP contribution in [0.4, 0.5) is 0 Å². The van der Waals surface area contributed by atoms with Crippen molar-refractivity contribution in [2.24, 2.45) is 0 Å². The molecule has 0 aromatic carbocycles. The maximum atomic E-state index is 9.90. The van der Waals surface area contributed by atoms with E-state index in [9.17, 15) is 24.6 Å². The molecule has 0 aliphatic carbocycles. The molecule has 0 aromatic rings. The van der Waals surface area contributed by atoms with Gasteiger partial charge in [0, 0.05) is 0 Å². The largest absolute Gasteiger partial charge is 1.00 e. The molecule has 10 heteroatoms. The molecule has 0 fully saturated rings. The van der Waals surface area contributed by atoms with Crippen molar-refractivity contribution in [3.8, 4) is 0 Å². The summed E-state index contributed by atoms with van der Waals surface area (Å²) in [5.74, 6) is -5.57. The van der Waals surface area contributed by atoms with Crippen molar-refractivity contribution in [3.63, 3.8) is 0 Å². The molecule has 0 amide bonds. The first-order valence-electron chi connectivity index (χ1n) is 2.70. The summed E-state index contributed by atoms with van der Waals surface area (Å²) in [6.07, 6.45) is -2.35. The number of hydrogen-bond acceptors (Lipinski definition) is 6. The monoisotopic (exact) mass is 245 g/mol. The van der Waals surface area contributed by atoms with E-state index in [-0.39, 0.29) is 88.7 Å². The summed E-state index contributed by atoms with van der Waals surface area (Å²) in [7, 11) is 0. The minimum absolute atomic E-state index is 0. The van der Waals surface area contributed by atoms with Gasteiger partial charge >= 0.3 is 94.6 Å². The third kappa shape index (κ3) is 13.3. The zero-order valence-corrected chi connectivity index (χ0v) is 14.7. The average molecular weight is 245 g/mol. The van der Waals surface area contributed by atoms with Crippen molar-refractivity contribution in [1.82, 2.24) is 0 Å². The fraction of sp³-hybridized carbons (Fsp3) is 0.400. The van der Waals surface area contributed by atoms with Gasteiger partial charge in [0.2, 0.25) is 0 Å². The Hall–Kier alpha value is 1.37. The van der Waals surface area contributed by atoms with Gasteiger partial charge < -0.3 is 29.6 Å². The molecule has 1 N–H and O–H groups in total. The van der Waals surface area contributed by atoms with E-state index in [1.165, 1.54) is 0 Å². The number of ether oxygens (including phenoxy) is 1. The van der Waals surface area contributed by atoms with Gasteiger partial charge in [0.1, 0.15) is 12.7 Å². The second-order valence-electron chi connectivity index (χ2n) is 1.72. The predicted octanol–water partition coefficient (Wildman–Crippen LogP) is -13.0. The Kier molecular flexibility index (Phi) is 22.6.